The number of rotatable bonds is 7. The number of benzene rings is 9. The maximum atomic E-state index is 10.8. The highest BCUT2D eigenvalue weighted by atomic mass is 15.0. The van der Waals surface area contributed by atoms with Crippen LogP contribution in [0.1, 0.15) is 11.1 Å². The van der Waals surface area contributed by atoms with Gasteiger partial charge in [0.05, 0.1) is 50.3 Å². The highest BCUT2D eigenvalue weighted by Crippen LogP contribution is 2.40. The first-order chi connectivity index (χ1) is 32.6. The van der Waals surface area contributed by atoms with Gasteiger partial charge in [-0.1, -0.05) is 164 Å². The summed E-state index contributed by atoms with van der Waals surface area (Å²) in [7, 11) is 0. The number of aromatic nitrogens is 4. The summed E-state index contributed by atoms with van der Waals surface area (Å²) in [6, 6.07) is 79.5. The van der Waals surface area contributed by atoms with Gasteiger partial charge in [-0.3, -0.25) is 0 Å². The van der Waals surface area contributed by atoms with Crippen molar-refractivity contribution in [1.29, 1.82) is 10.5 Å². The first kappa shape index (κ1) is 38.3. The molecule has 66 heavy (non-hydrogen) atoms. The average Bonchev–Trinajstić information content (AvgIpc) is 3.91. The molecule has 0 aliphatic rings. The molecule has 0 unspecified atom stereocenters. The maximum Gasteiger partial charge on any atom is 0.160 e. The summed E-state index contributed by atoms with van der Waals surface area (Å²) in [6.45, 7) is 0. The maximum absolute atomic E-state index is 10.8. The second-order valence-corrected chi connectivity index (χ2v) is 16.4. The van der Waals surface area contributed by atoms with Crippen molar-refractivity contribution in [3.8, 4) is 79.7 Å². The Morgan fingerprint density at radius 2 is 0.727 bits per heavy atom. The number of hydrogen-bond acceptors (Lipinski definition) is 4. The van der Waals surface area contributed by atoms with Crippen LogP contribution in [0.4, 0.5) is 0 Å². The van der Waals surface area contributed by atoms with Crippen LogP contribution >= 0.6 is 0 Å². The highest BCUT2D eigenvalue weighted by molar-refractivity contribution is 6.12. The Morgan fingerprint density at radius 1 is 0.318 bits per heavy atom. The van der Waals surface area contributed by atoms with Gasteiger partial charge in [0.15, 0.2) is 5.82 Å². The van der Waals surface area contributed by atoms with Gasteiger partial charge in [0.1, 0.15) is 12.1 Å². The van der Waals surface area contributed by atoms with E-state index in [0.717, 1.165) is 88.9 Å². The van der Waals surface area contributed by atoms with Crippen LogP contribution in [0.25, 0.3) is 111 Å². The zero-order chi connectivity index (χ0) is 44.1. The van der Waals surface area contributed by atoms with Crippen molar-refractivity contribution >= 4 is 43.6 Å². The SMILES string of the molecule is N#Cc1cc(-c2ccc(-c3ccc(-c4cc(-c5ccccc5)nc(-c5ccccc5)n4)cc3)cc2)cc(C#N)c1-n1c2ccccc2c2cc(-n3c4ccccc4c4ccccc43)ccc21. The molecule has 0 radical (unpaired) electrons. The van der Waals surface area contributed by atoms with E-state index in [-0.39, 0.29) is 0 Å². The lowest BCUT2D eigenvalue weighted by Gasteiger charge is -2.15. The molecule has 9 aromatic carbocycles. The number of nitriles is 2. The fourth-order valence-corrected chi connectivity index (χ4v) is 9.51. The molecule has 6 heteroatoms. The van der Waals surface area contributed by atoms with Crippen LogP contribution in [0, 0.1) is 22.7 Å². The van der Waals surface area contributed by atoms with E-state index < -0.39 is 0 Å². The zero-order valence-electron chi connectivity index (χ0n) is 35.5. The minimum atomic E-state index is 0.424. The molecule has 306 valence electrons. The van der Waals surface area contributed by atoms with E-state index >= 15 is 0 Å². The van der Waals surface area contributed by atoms with E-state index in [1.165, 1.54) is 10.8 Å². The Balaban J connectivity index is 0.892. The third-order valence-corrected chi connectivity index (χ3v) is 12.6. The quantitative estimate of drug-likeness (QED) is 0.160. The Labute approximate surface area is 380 Å². The lowest BCUT2D eigenvalue weighted by atomic mass is 9.96. The van der Waals surface area contributed by atoms with Crippen LogP contribution in [0.15, 0.2) is 218 Å². The first-order valence-electron chi connectivity index (χ1n) is 21.8. The molecule has 6 nitrogen and oxygen atoms in total. The van der Waals surface area contributed by atoms with Gasteiger partial charge in [-0.25, -0.2) is 9.97 Å². The van der Waals surface area contributed by atoms with Gasteiger partial charge in [-0.05, 0) is 76.9 Å². The molecule has 0 bridgehead atoms. The number of fused-ring (bicyclic) bond motifs is 6. The van der Waals surface area contributed by atoms with Gasteiger partial charge in [-0.15, -0.1) is 0 Å². The van der Waals surface area contributed by atoms with Crippen molar-refractivity contribution in [2.45, 2.75) is 0 Å². The predicted octanol–water partition coefficient (Wildman–Crippen LogP) is 14.7. The van der Waals surface area contributed by atoms with E-state index in [2.05, 4.69) is 161 Å². The standard InChI is InChI=1S/C60H36N6/c61-37-46-33-45(41-25-23-39(24-26-41)40-27-29-43(30-28-40)54-36-53(42-13-3-1-4-14-42)63-60(64-54)44-15-5-2-6-16-44)34-47(38-62)59(46)66-57-22-12-9-19-51(57)52-35-48(31-32-58(52)66)65-55-20-10-7-17-49(55)50-18-8-11-21-56(50)65/h1-36H. The summed E-state index contributed by atoms with van der Waals surface area (Å²) in [5.41, 5.74) is 15.1. The predicted molar refractivity (Wildman–Crippen MR) is 267 cm³/mol. The molecule has 0 saturated heterocycles. The normalized spacial score (nSPS) is 11.3. The van der Waals surface area contributed by atoms with Gasteiger partial charge in [0.25, 0.3) is 0 Å². The summed E-state index contributed by atoms with van der Waals surface area (Å²) >= 11 is 0. The number of nitrogens with zero attached hydrogens (tertiary/aromatic N) is 6. The molecule has 0 aliphatic carbocycles. The molecule has 0 aliphatic heterocycles. The van der Waals surface area contributed by atoms with Crippen LogP contribution in [-0.4, -0.2) is 19.1 Å². The molecule has 3 aromatic heterocycles. The fourth-order valence-electron chi connectivity index (χ4n) is 9.51. The lowest BCUT2D eigenvalue weighted by Crippen LogP contribution is -2.02. The lowest BCUT2D eigenvalue weighted by molar-refractivity contribution is 1.15. The van der Waals surface area contributed by atoms with E-state index in [9.17, 15) is 10.5 Å². The smallest absolute Gasteiger partial charge is 0.160 e. The Kier molecular flexibility index (Phi) is 9.16. The number of hydrogen-bond donors (Lipinski definition) is 0. The fraction of sp³-hybridized carbons (Fsp3) is 0. The molecule has 0 fully saturated rings. The van der Waals surface area contributed by atoms with Gasteiger partial charge in [0, 0.05) is 43.9 Å². The van der Waals surface area contributed by atoms with Crippen LogP contribution in [0.2, 0.25) is 0 Å². The zero-order valence-corrected chi connectivity index (χ0v) is 35.5. The molecule has 0 amide bonds. The third kappa shape index (κ3) is 6.41. The molecular weight excluding hydrogens is 805 g/mol. The van der Waals surface area contributed by atoms with Crippen LogP contribution in [0.5, 0.6) is 0 Å². The van der Waals surface area contributed by atoms with Crippen molar-refractivity contribution in [3.63, 3.8) is 0 Å². The van der Waals surface area contributed by atoms with Crippen LogP contribution in [-0.2, 0) is 0 Å². The molecule has 0 atom stereocenters. The summed E-state index contributed by atoms with van der Waals surface area (Å²) in [5.74, 6) is 0.680. The monoisotopic (exact) mass is 840 g/mol. The van der Waals surface area contributed by atoms with Crippen molar-refractivity contribution in [1.82, 2.24) is 19.1 Å². The Bertz CT molecular complexity index is 3780. The minimum Gasteiger partial charge on any atom is -0.309 e. The molecule has 0 spiro atoms. The third-order valence-electron chi connectivity index (χ3n) is 12.6. The van der Waals surface area contributed by atoms with Crippen molar-refractivity contribution < 1.29 is 0 Å². The summed E-state index contributed by atoms with van der Waals surface area (Å²) in [6.07, 6.45) is 0. The highest BCUT2D eigenvalue weighted by Gasteiger charge is 2.21. The molecule has 12 rings (SSSR count). The summed E-state index contributed by atoms with van der Waals surface area (Å²) in [5, 5.41) is 26.0. The first-order valence-corrected chi connectivity index (χ1v) is 21.8. The van der Waals surface area contributed by atoms with Crippen molar-refractivity contribution in [3.05, 3.63) is 230 Å². The van der Waals surface area contributed by atoms with E-state index in [4.69, 9.17) is 9.97 Å². The Hall–Kier alpha value is -9.36. The topological polar surface area (TPSA) is 83.2 Å². The van der Waals surface area contributed by atoms with Gasteiger partial charge in [-0.2, -0.15) is 10.5 Å². The van der Waals surface area contributed by atoms with Gasteiger partial charge in [0.2, 0.25) is 0 Å². The minimum absolute atomic E-state index is 0.424. The van der Waals surface area contributed by atoms with Gasteiger partial charge < -0.3 is 9.13 Å². The largest absolute Gasteiger partial charge is 0.309 e. The van der Waals surface area contributed by atoms with Crippen LogP contribution in [0.3, 0.4) is 0 Å². The second kappa shape index (κ2) is 15.8. The molecule has 3 heterocycles. The van der Waals surface area contributed by atoms with Crippen molar-refractivity contribution in [2.24, 2.45) is 0 Å². The molecule has 12 aromatic rings. The van der Waals surface area contributed by atoms with E-state index in [0.29, 0.717) is 22.6 Å². The summed E-state index contributed by atoms with van der Waals surface area (Å²) < 4.78 is 4.40. The molecule has 0 N–H and O–H groups in total. The average molecular weight is 841 g/mol. The number of para-hydroxylation sites is 3. The molecular formula is C60H36N6. The van der Waals surface area contributed by atoms with Crippen LogP contribution < -0.4 is 0 Å². The van der Waals surface area contributed by atoms with E-state index in [1.54, 1.807) is 0 Å². The van der Waals surface area contributed by atoms with Gasteiger partial charge >= 0.3 is 0 Å². The Morgan fingerprint density at radius 3 is 1.26 bits per heavy atom. The molecule has 0 saturated carbocycles. The summed E-state index contributed by atoms with van der Waals surface area (Å²) in [4.78, 5) is 9.94. The van der Waals surface area contributed by atoms with Crippen molar-refractivity contribution in [2.75, 3.05) is 0 Å². The van der Waals surface area contributed by atoms with E-state index in [1.807, 2.05) is 78.9 Å². The second-order valence-electron chi connectivity index (χ2n) is 16.4.